The predicted octanol–water partition coefficient (Wildman–Crippen LogP) is 4.54. The van der Waals surface area contributed by atoms with Crippen LogP contribution >= 0.6 is 12.2 Å². The lowest BCUT2D eigenvalue weighted by atomic mass is 10.0. The molecule has 0 saturated carbocycles. The average Bonchev–Trinajstić information content (AvgIpc) is 3.66. The number of pyridine rings is 1. The third-order valence-electron chi connectivity index (χ3n) is 6.68. The standard InChI is InChI=1S/C27H27N5O2S/c35-27-29-25(23-6-1-2-12-28-23)26(24-7-3-13-31(24)19-22-5-4-16-34-22)32(27)21-10-8-20(9-11-21)30-14-17-33-18-15-30/h1-13,16,25-26H,14-15,17-19H2,(H,29,35). The maximum Gasteiger partial charge on any atom is 0.174 e. The molecule has 2 aliphatic heterocycles. The van der Waals surface area contributed by atoms with E-state index >= 15 is 0 Å². The Kier molecular flexibility index (Phi) is 5.98. The zero-order valence-corrected chi connectivity index (χ0v) is 20.1. The molecule has 178 valence electrons. The Labute approximate surface area is 209 Å². The molecule has 0 aliphatic carbocycles. The lowest BCUT2D eigenvalue weighted by Gasteiger charge is -2.31. The van der Waals surface area contributed by atoms with Crippen molar-refractivity contribution in [1.29, 1.82) is 0 Å². The number of thiocarbonyl (C=S) groups is 1. The largest absolute Gasteiger partial charge is 0.467 e. The van der Waals surface area contributed by atoms with Gasteiger partial charge in [-0.15, -0.1) is 0 Å². The van der Waals surface area contributed by atoms with Gasteiger partial charge >= 0.3 is 0 Å². The van der Waals surface area contributed by atoms with Crippen LogP contribution in [-0.4, -0.2) is 41.0 Å². The van der Waals surface area contributed by atoms with E-state index in [2.05, 4.69) is 73.3 Å². The second-order valence-corrected chi connectivity index (χ2v) is 9.14. The molecule has 2 aliphatic rings. The van der Waals surface area contributed by atoms with Crippen molar-refractivity contribution in [1.82, 2.24) is 14.9 Å². The SMILES string of the molecule is S=C1NC(c2ccccn2)C(c2cccn2Cc2ccco2)N1c1ccc(N2CCOCC2)cc1. The van der Waals surface area contributed by atoms with Crippen molar-refractivity contribution >= 4 is 28.7 Å². The van der Waals surface area contributed by atoms with E-state index in [4.69, 9.17) is 21.4 Å². The summed E-state index contributed by atoms with van der Waals surface area (Å²) in [6.45, 7) is 4.00. The van der Waals surface area contributed by atoms with E-state index in [0.29, 0.717) is 11.7 Å². The van der Waals surface area contributed by atoms with Gasteiger partial charge in [-0.05, 0) is 72.9 Å². The maximum atomic E-state index is 5.90. The molecular formula is C27H27N5O2S. The highest BCUT2D eigenvalue weighted by atomic mass is 32.1. The first-order valence-electron chi connectivity index (χ1n) is 11.9. The predicted molar refractivity (Wildman–Crippen MR) is 140 cm³/mol. The topological polar surface area (TPSA) is 58.7 Å². The molecule has 0 spiro atoms. The summed E-state index contributed by atoms with van der Waals surface area (Å²) in [5.74, 6) is 0.909. The summed E-state index contributed by atoms with van der Waals surface area (Å²) < 4.78 is 13.4. The van der Waals surface area contributed by atoms with Crippen molar-refractivity contribution in [2.75, 3.05) is 36.1 Å². The molecule has 2 saturated heterocycles. The number of benzene rings is 1. The molecule has 0 bridgehead atoms. The summed E-state index contributed by atoms with van der Waals surface area (Å²) in [6, 6.07) is 22.7. The molecule has 7 nitrogen and oxygen atoms in total. The summed E-state index contributed by atoms with van der Waals surface area (Å²) in [5.41, 5.74) is 4.35. The number of ether oxygens (including phenoxy) is 1. The number of nitrogens with one attached hydrogen (secondary N) is 1. The van der Waals surface area contributed by atoms with Gasteiger partial charge in [0, 0.05) is 42.6 Å². The van der Waals surface area contributed by atoms with Gasteiger partial charge < -0.3 is 28.8 Å². The fourth-order valence-corrected chi connectivity index (χ4v) is 5.34. The molecule has 35 heavy (non-hydrogen) atoms. The first-order chi connectivity index (χ1) is 17.3. The highest BCUT2D eigenvalue weighted by Crippen LogP contribution is 2.42. The van der Waals surface area contributed by atoms with Gasteiger partial charge in [-0.2, -0.15) is 0 Å². The van der Waals surface area contributed by atoms with Crippen molar-refractivity contribution in [3.63, 3.8) is 0 Å². The Bertz CT molecular complexity index is 1270. The van der Waals surface area contributed by atoms with E-state index in [-0.39, 0.29) is 12.1 Å². The van der Waals surface area contributed by atoms with Crippen LogP contribution in [0, 0.1) is 0 Å². The summed E-state index contributed by atoms with van der Waals surface area (Å²) >= 11 is 5.90. The monoisotopic (exact) mass is 485 g/mol. The minimum Gasteiger partial charge on any atom is -0.467 e. The van der Waals surface area contributed by atoms with Crippen LogP contribution in [-0.2, 0) is 11.3 Å². The highest BCUT2D eigenvalue weighted by molar-refractivity contribution is 7.80. The molecule has 4 aromatic rings. The second-order valence-electron chi connectivity index (χ2n) is 8.75. The van der Waals surface area contributed by atoms with Crippen LogP contribution in [0.2, 0.25) is 0 Å². The normalized spacial score (nSPS) is 20.3. The molecule has 2 fully saturated rings. The molecule has 8 heteroatoms. The first-order valence-corrected chi connectivity index (χ1v) is 12.3. The van der Waals surface area contributed by atoms with E-state index in [9.17, 15) is 0 Å². The van der Waals surface area contributed by atoms with Crippen LogP contribution in [0.25, 0.3) is 0 Å². The van der Waals surface area contributed by atoms with E-state index in [1.165, 1.54) is 5.69 Å². The molecule has 1 N–H and O–H groups in total. The van der Waals surface area contributed by atoms with Crippen molar-refractivity contribution in [3.8, 4) is 0 Å². The molecule has 6 rings (SSSR count). The second kappa shape index (κ2) is 9.56. The fourth-order valence-electron chi connectivity index (χ4n) is 4.99. The summed E-state index contributed by atoms with van der Waals surface area (Å²) in [4.78, 5) is 9.24. The van der Waals surface area contributed by atoms with Gasteiger partial charge in [-0.3, -0.25) is 4.98 Å². The van der Waals surface area contributed by atoms with Crippen LogP contribution in [0.5, 0.6) is 0 Å². The Morgan fingerprint density at radius 1 is 0.943 bits per heavy atom. The first kappa shape index (κ1) is 21.9. The van der Waals surface area contributed by atoms with Crippen LogP contribution in [0.15, 0.2) is 89.8 Å². The van der Waals surface area contributed by atoms with Crippen LogP contribution < -0.4 is 15.1 Å². The highest BCUT2D eigenvalue weighted by Gasteiger charge is 2.42. The number of hydrogen-bond donors (Lipinski definition) is 1. The van der Waals surface area contributed by atoms with Gasteiger partial charge in [0.25, 0.3) is 0 Å². The zero-order chi connectivity index (χ0) is 23.6. The fraction of sp³-hybridized carbons (Fsp3) is 0.259. The minimum atomic E-state index is -0.0899. The van der Waals surface area contributed by atoms with Gasteiger partial charge in [0.15, 0.2) is 5.11 Å². The molecular weight excluding hydrogens is 458 g/mol. The molecule has 0 radical (unpaired) electrons. The quantitative estimate of drug-likeness (QED) is 0.403. The van der Waals surface area contributed by atoms with Crippen molar-refractivity contribution in [2.45, 2.75) is 18.6 Å². The van der Waals surface area contributed by atoms with Crippen molar-refractivity contribution in [3.05, 3.63) is 103 Å². The molecule has 5 heterocycles. The number of nitrogens with zero attached hydrogens (tertiary/aromatic N) is 4. The molecule has 2 unspecified atom stereocenters. The zero-order valence-electron chi connectivity index (χ0n) is 19.3. The van der Waals surface area contributed by atoms with E-state index in [1.807, 2.05) is 30.5 Å². The number of furan rings is 1. The van der Waals surface area contributed by atoms with E-state index in [1.54, 1.807) is 6.26 Å². The maximum absolute atomic E-state index is 5.90. The van der Waals surface area contributed by atoms with Gasteiger partial charge in [-0.25, -0.2) is 0 Å². The third kappa shape index (κ3) is 4.31. The average molecular weight is 486 g/mol. The number of aromatic nitrogens is 2. The Morgan fingerprint density at radius 3 is 2.51 bits per heavy atom. The molecule has 0 amide bonds. The molecule has 2 atom stereocenters. The number of morpholine rings is 1. The van der Waals surface area contributed by atoms with Gasteiger partial charge in [0.05, 0.1) is 37.8 Å². The van der Waals surface area contributed by atoms with Crippen LogP contribution in [0.4, 0.5) is 11.4 Å². The van der Waals surface area contributed by atoms with Crippen molar-refractivity contribution in [2.24, 2.45) is 0 Å². The summed E-state index contributed by atoms with van der Waals surface area (Å²) in [6.07, 6.45) is 5.64. The van der Waals surface area contributed by atoms with Gasteiger partial charge in [-0.1, -0.05) is 6.07 Å². The van der Waals surface area contributed by atoms with E-state index in [0.717, 1.165) is 49.1 Å². The lowest BCUT2D eigenvalue weighted by molar-refractivity contribution is 0.122. The number of hydrogen-bond acceptors (Lipinski definition) is 5. The van der Waals surface area contributed by atoms with Crippen LogP contribution in [0.3, 0.4) is 0 Å². The third-order valence-corrected chi connectivity index (χ3v) is 6.99. The Morgan fingerprint density at radius 2 is 1.77 bits per heavy atom. The Hall–Kier alpha value is -3.62. The number of rotatable bonds is 6. The Balaban J connectivity index is 1.37. The van der Waals surface area contributed by atoms with Gasteiger partial charge in [0.2, 0.25) is 0 Å². The molecule has 3 aromatic heterocycles. The molecule has 1 aromatic carbocycles. The summed E-state index contributed by atoms with van der Waals surface area (Å²) in [5, 5.41) is 4.24. The smallest absolute Gasteiger partial charge is 0.174 e. The number of anilines is 2. The van der Waals surface area contributed by atoms with E-state index < -0.39 is 0 Å². The summed E-state index contributed by atoms with van der Waals surface area (Å²) in [7, 11) is 0. The van der Waals surface area contributed by atoms with Crippen LogP contribution in [0.1, 0.15) is 29.2 Å². The lowest BCUT2D eigenvalue weighted by Crippen LogP contribution is -2.36. The van der Waals surface area contributed by atoms with Crippen molar-refractivity contribution < 1.29 is 9.15 Å². The minimum absolute atomic E-state index is 0.0726. The van der Waals surface area contributed by atoms with Gasteiger partial charge in [0.1, 0.15) is 11.8 Å².